The van der Waals surface area contributed by atoms with Crippen molar-refractivity contribution in [3.8, 4) is 17.1 Å². The number of ether oxygens (including phenoxy) is 1. The summed E-state index contributed by atoms with van der Waals surface area (Å²) in [4.78, 5) is 21.8. The number of fused-ring (bicyclic) bond motifs is 1. The van der Waals surface area contributed by atoms with Crippen LogP contribution in [-0.2, 0) is 0 Å². The van der Waals surface area contributed by atoms with Gasteiger partial charge in [0.25, 0.3) is 5.91 Å². The van der Waals surface area contributed by atoms with Gasteiger partial charge >= 0.3 is 0 Å². The molecule has 180 valence electrons. The number of hydrogen-bond donors (Lipinski definition) is 3. The van der Waals surface area contributed by atoms with Crippen molar-refractivity contribution in [1.29, 1.82) is 0 Å². The number of aliphatic hydroxyl groups is 1. The maximum atomic E-state index is 13.5. The van der Waals surface area contributed by atoms with Gasteiger partial charge < -0.3 is 20.9 Å². The molecule has 35 heavy (non-hydrogen) atoms. The highest BCUT2D eigenvalue weighted by Crippen LogP contribution is 2.37. The van der Waals surface area contributed by atoms with Crippen LogP contribution in [0.5, 0.6) is 5.88 Å². The van der Waals surface area contributed by atoms with Crippen LogP contribution in [0.25, 0.3) is 16.8 Å². The average Bonchev–Trinajstić information content (AvgIpc) is 3.31. The van der Waals surface area contributed by atoms with Gasteiger partial charge in [0.1, 0.15) is 11.8 Å². The molecule has 1 aromatic carbocycles. The van der Waals surface area contributed by atoms with Crippen molar-refractivity contribution < 1.29 is 14.6 Å². The number of carbonyl (C=O) groups excluding carboxylic acids is 1. The number of benzene rings is 1. The topological polar surface area (TPSA) is 128 Å². The van der Waals surface area contributed by atoms with E-state index in [9.17, 15) is 9.90 Å². The molecule has 0 saturated heterocycles. The molecule has 0 aliphatic heterocycles. The van der Waals surface area contributed by atoms with Gasteiger partial charge in [-0.1, -0.05) is 30.3 Å². The van der Waals surface area contributed by atoms with E-state index in [4.69, 9.17) is 10.5 Å². The first kappa shape index (κ1) is 22.8. The van der Waals surface area contributed by atoms with Gasteiger partial charge in [0.15, 0.2) is 5.82 Å². The van der Waals surface area contributed by atoms with E-state index >= 15 is 0 Å². The van der Waals surface area contributed by atoms with E-state index in [0.717, 1.165) is 24.8 Å². The van der Waals surface area contributed by atoms with E-state index in [0.29, 0.717) is 28.6 Å². The Morgan fingerprint density at radius 3 is 2.80 bits per heavy atom. The molecule has 0 radical (unpaired) electrons. The summed E-state index contributed by atoms with van der Waals surface area (Å²) in [5, 5.41) is 17.6. The fourth-order valence-electron chi connectivity index (χ4n) is 5.06. The Hall–Kier alpha value is -3.98. The molecule has 5 rings (SSSR count). The van der Waals surface area contributed by atoms with Gasteiger partial charge in [-0.25, -0.2) is 14.5 Å². The lowest BCUT2D eigenvalue weighted by Crippen LogP contribution is -2.44. The molecule has 1 amide bonds. The van der Waals surface area contributed by atoms with Gasteiger partial charge in [-0.15, -0.1) is 0 Å². The minimum absolute atomic E-state index is 0.0120. The van der Waals surface area contributed by atoms with E-state index in [-0.39, 0.29) is 30.3 Å². The molecular formula is C26H28N6O3. The maximum Gasteiger partial charge on any atom is 0.253 e. The van der Waals surface area contributed by atoms with Crippen LogP contribution in [0.2, 0.25) is 0 Å². The first-order chi connectivity index (χ1) is 17.1. The number of hydrogen-bond acceptors (Lipinski definition) is 7. The van der Waals surface area contributed by atoms with Crippen LogP contribution < -0.4 is 15.8 Å². The number of methoxy groups -OCH3 is 1. The van der Waals surface area contributed by atoms with Crippen LogP contribution in [0.1, 0.15) is 41.1 Å². The van der Waals surface area contributed by atoms with Crippen molar-refractivity contribution in [3.63, 3.8) is 0 Å². The summed E-state index contributed by atoms with van der Waals surface area (Å²) in [6, 6.07) is 15.5. The van der Waals surface area contributed by atoms with Crippen molar-refractivity contribution in [2.75, 3.05) is 19.5 Å². The number of rotatable bonds is 6. The summed E-state index contributed by atoms with van der Waals surface area (Å²) >= 11 is 0. The van der Waals surface area contributed by atoms with E-state index in [2.05, 4.69) is 32.5 Å². The molecule has 1 saturated carbocycles. The van der Waals surface area contributed by atoms with Gasteiger partial charge in [-0.2, -0.15) is 5.10 Å². The Balaban J connectivity index is 1.43. The van der Waals surface area contributed by atoms with Crippen LogP contribution >= 0.6 is 0 Å². The van der Waals surface area contributed by atoms with E-state index in [1.807, 2.05) is 24.3 Å². The molecule has 0 unspecified atom stereocenters. The minimum Gasteiger partial charge on any atom is -0.481 e. The number of anilines is 1. The minimum atomic E-state index is -0.266. The number of aromatic nitrogens is 4. The number of nitrogens with zero attached hydrogens (tertiary/aromatic N) is 4. The maximum absolute atomic E-state index is 13.5. The van der Waals surface area contributed by atoms with E-state index in [1.54, 1.807) is 30.0 Å². The summed E-state index contributed by atoms with van der Waals surface area (Å²) in [7, 11) is 1.55. The largest absolute Gasteiger partial charge is 0.481 e. The van der Waals surface area contributed by atoms with Gasteiger partial charge in [0, 0.05) is 36.4 Å². The lowest BCUT2D eigenvalue weighted by molar-refractivity contribution is 0.0862. The van der Waals surface area contributed by atoms with Crippen molar-refractivity contribution >= 4 is 17.2 Å². The summed E-state index contributed by atoms with van der Waals surface area (Å²) in [5.41, 5.74) is 9.73. The number of nitrogen functional groups attached to an aromatic ring is 1. The van der Waals surface area contributed by atoms with Crippen LogP contribution in [0.3, 0.4) is 0 Å². The molecule has 3 aromatic heterocycles. The zero-order valence-corrected chi connectivity index (χ0v) is 19.5. The smallest absolute Gasteiger partial charge is 0.253 e. The molecule has 1 aliphatic rings. The predicted molar refractivity (Wildman–Crippen MR) is 132 cm³/mol. The Morgan fingerprint density at radius 2 is 2.03 bits per heavy atom. The quantitative estimate of drug-likeness (QED) is 0.393. The van der Waals surface area contributed by atoms with Crippen LogP contribution in [-0.4, -0.2) is 50.4 Å². The Morgan fingerprint density at radius 1 is 1.20 bits per heavy atom. The van der Waals surface area contributed by atoms with Crippen molar-refractivity contribution in [1.82, 2.24) is 24.9 Å². The van der Waals surface area contributed by atoms with Crippen molar-refractivity contribution in [2.45, 2.75) is 31.2 Å². The van der Waals surface area contributed by atoms with Crippen molar-refractivity contribution in [2.24, 2.45) is 5.92 Å². The highest BCUT2D eigenvalue weighted by Gasteiger charge is 2.33. The lowest BCUT2D eigenvalue weighted by atomic mass is 9.75. The number of nitrogens with one attached hydrogen (secondary N) is 1. The molecule has 9 heteroatoms. The van der Waals surface area contributed by atoms with Gasteiger partial charge in [0.2, 0.25) is 5.88 Å². The standard InChI is InChI=1S/C26H28N6O3/c1-35-23-12-18(9-10-28-23)22-13-20(24-25(27)29-15-30-32(22)24)26(34)31-21-8-7-17(11-19(21)14-33)16-5-3-2-4-6-16/h2-6,9-10,12-13,15,17,19,21,33H,7-8,11,14H2,1H3,(H,31,34)(H2,27,29,30)/t17-,19+,21-/m1/s1. The second-order valence-corrected chi connectivity index (χ2v) is 8.88. The summed E-state index contributed by atoms with van der Waals surface area (Å²) in [5.74, 6) is 0.728. The van der Waals surface area contributed by atoms with Crippen molar-refractivity contribution in [3.05, 3.63) is 72.2 Å². The third-order valence-corrected chi connectivity index (χ3v) is 6.87. The lowest BCUT2D eigenvalue weighted by Gasteiger charge is -2.36. The van der Waals surface area contributed by atoms with E-state index < -0.39 is 0 Å². The molecule has 3 heterocycles. The molecule has 1 aliphatic carbocycles. The molecule has 3 atom stereocenters. The molecule has 4 aromatic rings. The van der Waals surface area contributed by atoms with Gasteiger partial charge in [0.05, 0.1) is 18.4 Å². The highest BCUT2D eigenvalue weighted by molar-refractivity contribution is 6.05. The second-order valence-electron chi connectivity index (χ2n) is 8.88. The average molecular weight is 473 g/mol. The number of carbonyl (C=O) groups is 1. The second kappa shape index (κ2) is 9.71. The third-order valence-electron chi connectivity index (χ3n) is 6.87. The Bertz CT molecular complexity index is 1340. The monoisotopic (exact) mass is 472 g/mol. The molecule has 0 bridgehead atoms. The van der Waals surface area contributed by atoms with E-state index in [1.165, 1.54) is 11.9 Å². The zero-order chi connectivity index (χ0) is 24.4. The Labute approximate surface area is 203 Å². The molecular weight excluding hydrogens is 444 g/mol. The predicted octanol–water partition coefficient (Wildman–Crippen LogP) is 3.06. The van der Waals surface area contributed by atoms with Gasteiger partial charge in [-0.3, -0.25) is 4.79 Å². The summed E-state index contributed by atoms with van der Waals surface area (Å²) < 4.78 is 6.86. The van der Waals surface area contributed by atoms with Crippen LogP contribution in [0, 0.1) is 5.92 Å². The number of pyridine rings is 1. The summed E-state index contributed by atoms with van der Waals surface area (Å²) in [6.07, 6.45) is 5.53. The normalized spacial score (nSPS) is 20.0. The highest BCUT2D eigenvalue weighted by atomic mass is 16.5. The third kappa shape index (κ3) is 4.42. The van der Waals surface area contributed by atoms with Crippen LogP contribution in [0.4, 0.5) is 5.82 Å². The molecule has 4 N–H and O–H groups in total. The fraction of sp³-hybridized carbons (Fsp3) is 0.308. The number of nitrogens with two attached hydrogens (primary N) is 1. The fourth-order valence-corrected chi connectivity index (χ4v) is 5.06. The number of amides is 1. The first-order valence-electron chi connectivity index (χ1n) is 11.7. The zero-order valence-electron chi connectivity index (χ0n) is 19.5. The Kier molecular flexibility index (Phi) is 6.33. The summed E-state index contributed by atoms with van der Waals surface area (Å²) in [6.45, 7) is 0.0120. The SMILES string of the molecule is COc1cc(-c2cc(C(=O)N[C@@H]3CC[C@@H](c4ccccc4)C[C@H]3CO)c3c(N)ncnn23)ccn1. The number of aliphatic hydroxyl groups excluding tert-OH is 1. The van der Waals surface area contributed by atoms with Gasteiger partial charge in [-0.05, 0) is 42.9 Å². The molecule has 1 fully saturated rings. The molecule has 9 nitrogen and oxygen atoms in total. The first-order valence-corrected chi connectivity index (χ1v) is 11.7. The van der Waals surface area contributed by atoms with Crippen LogP contribution in [0.15, 0.2) is 61.1 Å². The molecule has 0 spiro atoms.